The highest BCUT2D eigenvalue weighted by Crippen LogP contribution is 2.18. The average Bonchev–Trinajstić information content (AvgIpc) is 2.60. The number of unbranched alkanes of at least 4 members (excludes halogenated alkanes) is 1. The number of anilines is 2. The van der Waals surface area contributed by atoms with E-state index in [1.54, 1.807) is 44.2 Å². The molecule has 146 valence electrons. The molecule has 0 radical (unpaired) electrons. The Morgan fingerprint density at radius 1 is 1.22 bits per heavy atom. The van der Waals surface area contributed by atoms with Crippen LogP contribution in [0.3, 0.4) is 0 Å². The van der Waals surface area contributed by atoms with Crippen LogP contribution in [0.1, 0.15) is 35.7 Å². The second-order valence-corrected chi connectivity index (χ2v) is 6.75. The summed E-state index contributed by atoms with van der Waals surface area (Å²) >= 11 is 0. The lowest BCUT2D eigenvalue weighted by molar-refractivity contribution is 0.0827. The molecule has 3 N–H and O–H groups in total. The highest BCUT2D eigenvalue weighted by molar-refractivity contribution is 5.94. The number of aromatic amines is 1. The van der Waals surface area contributed by atoms with Crippen molar-refractivity contribution in [1.29, 1.82) is 0 Å². The standard InChI is InChI=1S/C19H27N5O3/c1-5-6-10-24-16(20)15(17(25)21-19(24)27)23(4)12-13-8-7-9-14(11-13)18(26)22(2)3/h7-9,11H,5-6,10,12,20H2,1-4H3,(H,21,25,27). The van der Waals surface area contributed by atoms with Crippen molar-refractivity contribution in [3.63, 3.8) is 0 Å². The molecule has 0 aliphatic rings. The van der Waals surface area contributed by atoms with E-state index >= 15 is 0 Å². The van der Waals surface area contributed by atoms with Crippen LogP contribution in [0.2, 0.25) is 0 Å². The van der Waals surface area contributed by atoms with Crippen molar-refractivity contribution in [3.8, 4) is 0 Å². The summed E-state index contributed by atoms with van der Waals surface area (Å²) in [5, 5.41) is 0. The second kappa shape index (κ2) is 8.57. The zero-order chi connectivity index (χ0) is 20.1. The Morgan fingerprint density at radius 3 is 2.56 bits per heavy atom. The first-order chi connectivity index (χ1) is 12.8. The number of hydrogen-bond donors (Lipinski definition) is 2. The summed E-state index contributed by atoms with van der Waals surface area (Å²) in [6.07, 6.45) is 1.69. The van der Waals surface area contributed by atoms with E-state index in [0.29, 0.717) is 18.7 Å². The Bertz CT molecular complexity index is 930. The van der Waals surface area contributed by atoms with Gasteiger partial charge in [-0.25, -0.2) is 4.79 Å². The maximum Gasteiger partial charge on any atom is 0.330 e. The number of benzene rings is 1. The molecule has 1 heterocycles. The van der Waals surface area contributed by atoms with E-state index in [9.17, 15) is 14.4 Å². The Hall–Kier alpha value is -3.03. The normalized spacial score (nSPS) is 10.7. The molecular weight excluding hydrogens is 346 g/mol. The monoisotopic (exact) mass is 373 g/mol. The first-order valence-corrected chi connectivity index (χ1v) is 8.90. The molecule has 0 fully saturated rings. The van der Waals surface area contributed by atoms with Gasteiger partial charge in [0.15, 0.2) is 0 Å². The van der Waals surface area contributed by atoms with Gasteiger partial charge in [-0.3, -0.25) is 19.1 Å². The van der Waals surface area contributed by atoms with E-state index < -0.39 is 11.2 Å². The molecule has 8 heteroatoms. The molecule has 8 nitrogen and oxygen atoms in total. The predicted molar refractivity (Wildman–Crippen MR) is 107 cm³/mol. The Kier molecular flexibility index (Phi) is 6.44. The Balaban J connectivity index is 2.35. The van der Waals surface area contributed by atoms with E-state index in [4.69, 9.17) is 5.73 Å². The molecular formula is C19H27N5O3. The molecule has 0 aliphatic carbocycles. The summed E-state index contributed by atoms with van der Waals surface area (Å²) in [5.74, 6) is 0.0604. The number of aromatic nitrogens is 2. The van der Waals surface area contributed by atoms with Crippen molar-refractivity contribution in [1.82, 2.24) is 14.5 Å². The quantitative estimate of drug-likeness (QED) is 0.760. The summed E-state index contributed by atoms with van der Waals surface area (Å²) in [6, 6.07) is 7.21. The minimum Gasteiger partial charge on any atom is -0.383 e. The summed E-state index contributed by atoms with van der Waals surface area (Å²) in [6.45, 7) is 2.83. The molecule has 0 atom stereocenters. The third-order valence-corrected chi connectivity index (χ3v) is 4.33. The van der Waals surface area contributed by atoms with Crippen molar-refractivity contribution < 1.29 is 4.79 Å². The number of carbonyl (C=O) groups excluding carboxylic acids is 1. The number of nitrogens with one attached hydrogen (secondary N) is 1. The van der Waals surface area contributed by atoms with Gasteiger partial charge < -0.3 is 15.5 Å². The number of carbonyl (C=O) groups is 1. The number of H-pyrrole nitrogens is 1. The topological polar surface area (TPSA) is 104 Å². The van der Waals surface area contributed by atoms with Gasteiger partial charge in [-0.05, 0) is 24.1 Å². The van der Waals surface area contributed by atoms with Gasteiger partial charge in [0.05, 0.1) is 0 Å². The van der Waals surface area contributed by atoms with Crippen molar-refractivity contribution in [2.75, 3.05) is 31.8 Å². The SMILES string of the molecule is CCCCn1c(N)c(N(C)Cc2cccc(C(=O)N(C)C)c2)c(=O)[nH]c1=O. The van der Waals surface area contributed by atoms with E-state index in [2.05, 4.69) is 4.98 Å². The van der Waals surface area contributed by atoms with Crippen LogP contribution < -0.4 is 21.9 Å². The first-order valence-electron chi connectivity index (χ1n) is 8.90. The number of nitrogen functional groups attached to an aromatic ring is 1. The molecule has 0 bridgehead atoms. The maximum absolute atomic E-state index is 12.3. The number of rotatable bonds is 7. The van der Waals surface area contributed by atoms with Crippen LogP contribution in [-0.2, 0) is 13.1 Å². The van der Waals surface area contributed by atoms with Crippen LogP contribution in [0, 0.1) is 0 Å². The summed E-state index contributed by atoms with van der Waals surface area (Å²) < 4.78 is 1.39. The second-order valence-electron chi connectivity index (χ2n) is 6.75. The summed E-state index contributed by atoms with van der Waals surface area (Å²) in [7, 11) is 5.12. The van der Waals surface area contributed by atoms with Gasteiger partial charge in [0.25, 0.3) is 11.5 Å². The van der Waals surface area contributed by atoms with E-state index in [1.807, 2.05) is 13.0 Å². The summed E-state index contributed by atoms with van der Waals surface area (Å²) in [4.78, 5) is 42.1. The average molecular weight is 373 g/mol. The first kappa shape index (κ1) is 20.3. The largest absolute Gasteiger partial charge is 0.383 e. The van der Waals surface area contributed by atoms with E-state index in [0.717, 1.165) is 18.4 Å². The Morgan fingerprint density at radius 2 is 1.93 bits per heavy atom. The fraction of sp³-hybridized carbons (Fsp3) is 0.421. The zero-order valence-corrected chi connectivity index (χ0v) is 16.3. The Labute approximate surface area is 158 Å². The third kappa shape index (κ3) is 4.58. The fourth-order valence-electron chi connectivity index (χ4n) is 2.90. The van der Waals surface area contributed by atoms with Crippen molar-refractivity contribution in [3.05, 3.63) is 56.2 Å². The van der Waals surface area contributed by atoms with Crippen molar-refractivity contribution in [2.45, 2.75) is 32.9 Å². The van der Waals surface area contributed by atoms with Crippen LogP contribution >= 0.6 is 0 Å². The van der Waals surface area contributed by atoms with Crippen LogP contribution in [0.5, 0.6) is 0 Å². The molecule has 1 aromatic carbocycles. The van der Waals surface area contributed by atoms with Gasteiger partial charge >= 0.3 is 5.69 Å². The third-order valence-electron chi connectivity index (χ3n) is 4.33. The highest BCUT2D eigenvalue weighted by atomic mass is 16.2. The minimum absolute atomic E-state index is 0.0926. The molecule has 2 aromatic rings. The molecule has 27 heavy (non-hydrogen) atoms. The number of nitrogens with zero attached hydrogens (tertiary/aromatic N) is 3. The van der Waals surface area contributed by atoms with Gasteiger partial charge in [-0.2, -0.15) is 0 Å². The van der Waals surface area contributed by atoms with Gasteiger partial charge in [0, 0.05) is 39.8 Å². The van der Waals surface area contributed by atoms with E-state index in [-0.39, 0.29) is 17.4 Å². The number of nitrogens with two attached hydrogens (primary N) is 1. The van der Waals surface area contributed by atoms with Gasteiger partial charge in [-0.1, -0.05) is 25.5 Å². The van der Waals surface area contributed by atoms with Crippen molar-refractivity contribution >= 4 is 17.4 Å². The molecule has 1 aromatic heterocycles. The fourth-order valence-corrected chi connectivity index (χ4v) is 2.90. The molecule has 1 amide bonds. The molecule has 0 saturated carbocycles. The van der Waals surface area contributed by atoms with E-state index in [1.165, 1.54) is 9.47 Å². The smallest absolute Gasteiger partial charge is 0.330 e. The maximum atomic E-state index is 12.3. The van der Waals surface area contributed by atoms with Crippen LogP contribution in [0.4, 0.5) is 11.5 Å². The van der Waals surface area contributed by atoms with Gasteiger partial charge in [0.2, 0.25) is 0 Å². The minimum atomic E-state index is -0.520. The molecule has 0 spiro atoms. The summed E-state index contributed by atoms with van der Waals surface area (Å²) in [5.41, 5.74) is 6.79. The van der Waals surface area contributed by atoms with Gasteiger partial charge in [-0.15, -0.1) is 0 Å². The molecule has 0 aliphatic heterocycles. The predicted octanol–water partition coefficient (Wildman–Crippen LogP) is 1.26. The lowest BCUT2D eigenvalue weighted by Gasteiger charge is -2.22. The zero-order valence-electron chi connectivity index (χ0n) is 16.3. The van der Waals surface area contributed by atoms with Gasteiger partial charge in [0.1, 0.15) is 11.5 Å². The molecule has 0 saturated heterocycles. The molecule has 2 rings (SSSR count). The number of hydrogen-bond acceptors (Lipinski definition) is 5. The lowest BCUT2D eigenvalue weighted by atomic mass is 10.1. The van der Waals surface area contributed by atoms with Crippen LogP contribution in [-0.4, -0.2) is 41.5 Å². The molecule has 0 unspecified atom stereocenters. The van der Waals surface area contributed by atoms with Crippen LogP contribution in [0.25, 0.3) is 0 Å². The van der Waals surface area contributed by atoms with Crippen LogP contribution in [0.15, 0.2) is 33.9 Å². The van der Waals surface area contributed by atoms with Crippen molar-refractivity contribution in [2.24, 2.45) is 0 Å². The number of amides is 1. The lowest BCUT2D eigenvalue weighted by Crippen LogP contribution is -2.37. The highest BCUT2D eigenvalue weighted by Gasteiger charge is 2.17.